The number of halogens is 1. The zero-order valence-corrected chi connectivity index (χ0v) is 15.7. The molecule has 148 valence electrons. The summed E-state index contributed by atoms with van der Waals surface area (Å²) < 4.78 is 13.2. The van der Waals surface area contributed by atoms with Crippen molar-refractivity contribution in [1.29, 1.82) is 0 Å². The second-order valence-corrected chi connectivity index (χ2v) is 6.69. The predicted octanol–water partition coefficient (Wildman–Crippen LogP) is 4.46. The molecule has 2 aromatic carbocycles. The van der Waals surface area contributed by atoms with Crippen LogP contribution in [0.2, 0.25) is 0 Å². The van der Waals surface area contributed by atoms with Gasteiger partial charge in [0, 0.05) is 17.8 Å². The molecule has 0 saturated carbocycles. The second kappa shape index (κ2) is 9.05. The number of aryl methyl sites for hydroxylation is 2. The molecule has 0 fully saturated rings. The number of primary amides is 1. The van der Waals surface area contributed by atoms with Crippen molar-refractivity contribution in [3.05, 3.63) is 93.4 Å². The lowest BCUT2D eigenvalue weighted by molar-refractivity contribution is -0.384. The van der Waals surface area contributed by atoms with Gasteiger partial charge >= 0.3 is 0 Å². The van der Waals surface area contributed by atoms with Gasteiger partial charge in [-0.15, -0.1) is 0 Å². The van der Waals surface area contributed by atoms with Gasteiger partial charge in [-0.3, -0.25) is 19.9 Å². The number of hydrogen-bond donors (Lipinski definition) is 1. The van der Waals surface area contributed by atoms with Crippen LogP contribution in [-0.4, -0.2) is 15.8 Å². The van der Waals surface area contributed by atoms with Gasteiger partial charge in [-0.25, -0.2) is 4.39 Å². The number of carbonyl (C=O) groups is 1. The lowest BCUT2D eigenvalue weighted by atomic mass is 9.92. The van der Waals surface area contributed by atoms with E-state index in [-0.39, 0.29) is 22.5 Å². The third-order valence-corrected chi connectivity index (χ3v) is 4.74. The molecule has 29 heavy (non-hydrogen) atoms. The Kier molecular flexibility index (Phi) is 6.29. The monoisotopic (exact) mass is 393 g/mol. The number of aromatic nitrogens is 1. The van der Waals surface area contributed by atoms with E-state index in [1.165, 1.54) is 44.0 Å². The standard InChI is InChI=1S/C12H8FN3O3.C10H12/c13-8-1-2-11(16(18)19)9(6-8)10-5-7(12(14)17)3-4-15-10;1-2-6-10-8-4-3-7-9(10)5-1/h1-6H,(H2,14,17);1-2,5-6H,3-4,7-8H2. The Labute approximate surface area is 167 Å². The summed E-state index contributed by atoms with van der Waals surface area (Å²) in [5, 5.41) is 10.9. The van der Waals surface area contributed by atoms with Crippen molar-refractivity contribution in [3.63, 3.8) is 0 Å². The summed E-state index contributed by atoms with van der Waals surface area (Å²) in [6.07, 6.45) is 6.66. The minimum Gasteiger partial charge on any atom is -0.366 e. The second-order valence-electron chi connectivity index (χ2n) is 6.69. The Bertz CT molecular complexity index is 1030. The van der Waals surface area contributed by atoms with E-state index in [0.29, 0.717) is 0 Å². The van der Waals surface area contributed by atoms with Gasteiger partial charge in [0.25, 0.3) is 5.69 Å². The predicted molar refractivity (Wildman–Crippen MR) is 108 cm³/mol. The Morgan fingerprint density at radius 3 is 2.28 bits per heavy atom. The highest BCUT2D eigenvalue weighted by atomic mass is 19.1. The van der Waals surface area contributed by atoms with Crippen molar-refractivity contribution in [1.82, 2.24) is 4.98 Å². The topological polar surface area (TPSA) is 99.1 Å². The van der Waals surface area contributed by atoms with Gasteiger partial charge < -0.3 is 5.73 Å². The molecule has 1 aliphatic rings. The highest BCUT2D eigenvalue weighted by molar-refractivity contribution is 5.94. The molecule has 0 aliphatic heterocycles. The Morgan fingerprint density at radius 1 is 1.03 bits per heavy atom. The van der Waals surface area contributed by atoms with E-state index in [1.54, 1.807) is 11.1 Å². The van der Waals surface area contributed by atoms with Crippen LogP contribution < -0.4 is 5.73 Å². The Hall–Kier alpha value is -3.61. The number of nitrogens with two attached hydrogens (primary N) is 1. The average Bonchev–Trinajstić information content (AvgIpc) is 2.74. The largest absolute Gasteiger partial charge is 0.366 e. The fourth-order valence-electron chi connectivity index (χ4n) is 3.28. The van der Waals surface area contributed by atoms with Gasteiger partial charge in [0.05, 0.1) is 16.2 Å². The molecule has 1 heterocycles. The molecule has 2 N–H and O–H groups in total. The van der Waals surface area contributed by atoms with E-state index in [4.69, 9.17) is 5.73 Å². The molecule has 1 aromatic heterocycles. The van der Waals surface area contributed by atoms with Gasteiger partial charge in [0.15, 0.2) is 0 Å². The molecule has 3 aromatic rings. The molecule has 0 unspecified atom stereocenters. The first-order chi connectivity index (χ1) is 14.0. The number of hydrogen-bond acceptors (Lipinski definition) is 4. The number of nitrogens with zero attached hydrogens (tertiary/aromatic N) is 2. The normalized spacial score (nSPS) is 12.3. The maximum atomic E-state index is 13.2. The van der Waals surface area contributed by atoms with Crippen LogP contribution in [0.25, 0.3) is 11.3 Å². The van der Waals surface area contributed by atoms with Gasteiger partial charge in [0.2, 0.25) is 5.91 Å². The SMILES string of the molecule is NC(=O)c1ccnc(-c2cc(F)ccc2[N+](=O)[O-])c1.c1ccc2c(c1)CCCC2. The lowest BCUT2D eigenvalue weighted by Crippen LogP contribution is -2.11. The number of benzene rings is 2. The molecule has 7 heteroatoms. The molecule has 1 aliphatic carbocycles. The van der Waals surface area contributed by atoms with Gasteiger partial charge in [-0.1, -0.05) is 24.3 Å². The minimum atomic E-state index is -0.692. The van der Waals surface area contributed by atoms with Crippen LogP contribution in [-0.2, 0) is 12.8 Å². The molecule has 1 amide bonds. The van der Waals surface area contributed by atoms with Crippen LogP contribution in [0.4, 0.5) is 10.1 Å². The summed E-state index contributed by atoms with van der Waals surface area (Å²) in [4.78, 5) is 25.2. The number of rotatable bonds is 3. The zero-order valence-electron chi connectivity index (χ0n) is 15.7. The van der Waals surface area contributed by atoms with Crippen molar-refractivity contribution in [2.45, 2.75) is 25.7 Å². The third kappa shape index (κ3) is 5.01. The van der Waals surface area contributed by atoms with Crippen molar-refractivity contribution < 1.29 is 14.1 Å². The first kappa shape index (κ1) is 20.1. The van der Waals surface area contributed by atoms with Crippen LogP contribution in [0.15, 0.2) is 60.8 Å². The van der Waals surface area contributed by atoms with E-state index < -0.39 is 16.6 Å². The maximum absolute atomic E-state index is 13.2. The van der Waals surface area contributed by atoms with E-state index in [1.807, 2.05) is 0 Å². The molecule has 0 saturated heterocycles. The fourth-order valence-corrected chi connectivity index (χ4v) is 3.28. The Morgan fingerprint density at radius 2 is 1.69 bits per heavy atom. The summed E-state index contributed by atoms with van der Waals surface area (Å²) >= 11 is 0. The van der Waals surface area contributed by atoms with E-state index in [9.17, 15) is 19.3 Å². The van der Waals surface area contributed by atoms with Crippen LogP contribution in [0, 0.1) is 15.9 Å². The number of carbonyl (C=O) groups excluding carboxylic acids is 1. The molecule has 0 radical (unpaired) electrons. The molecule has 0 spiro atoms. The quantitative estimate of drug-likeness (QED) is 0.524. The van der Waals surface area contributed by atoms with Crippen LogP contribution in [0.5, 0.6) is 0 Å². The summed E-state index contributed by atoms with van der Waals surface area (Å²) in [6.45, 7) is 0. The fraction of sp³-hybridized carbons (Fsp3) is 0.182. The van der Waals surface area contributed by atoms with Crippen molar-refractivity contribution in [3.8, 4) is 11.3 Å². The van der Waals surface area contributed by atoms with E-state index in [0.717, 1.165) is 18.2 Å². The van der Waals surface area contributed by atoms with Crippen molar-refractivity contribution in [2.24, 2.45) is 5.73 Å². The number of fused-ring (bicyclic) bond motifs is 1. The zero-order chi connectivity index (χ0) is 20.8. The van der Waals surface area contributed by atoms with Gasteiger partial charge in [-0.2, -0.15) is 0 Å². The van der Waals surface area contributed by atoms with Crippen LogP contribution >= 0.6 is 0 Å². The summed E-state index contributed by atoms with van der Waals surface area (Å²) in [5.41, 5.74) is 8.22. The highest BCUT2D eigenvalue weighted by Gasteiger charge is 2.18. The summed E-state index contributed by atoms with van der Waals surface area (Å²) in [5.74, 6) is -1.32. The van der Waals surface area contributed by atoms with Crippen molar-refractivity contribution >= 4 is 11.6 Å². The van der Waals surface area contributed by atoms with E-state index in [2.05, 4.69) is 29.2 Å². The average molecular weight is 393 g/mol. The van der Waals surface area contributed by atoms with Gasteiger partial charge in [-0.05, 0) is 61.1 Å². The number of pyridine rings is 1. The van der Waals surface area contributed by atoms with Crippen molar-refractivity contribution in [2.75, 3.05) is 0 Å². The first-order valence-electron chi connectivity index (χ1n) is 9.22. The smallest absolute Gasteiger partial charge is 0.278 e. The van der Waals surface area contributed by atoms with Crippen LogP contribution in [0.3, 0.4) is 0 Å². The van der Waals surface area contributed by atoms with Crippen LogP contribution in [0.1, 0.15) is 34.3 Å². The molecular weight excluding hydrogens is 373 g/mol. The molecule has 4 rings (SSSR count). The molecule has 0 bridgehead atoms. The maximum Gasteiger partial charge on any atom is 0.278 e. The number of nitro benzene ring substituents is 1. The third-order valence-electron chi connectivity index (χ3n) is 4.74. The summed E-state index contributed by atoms with van der Waals surface area (Å²) in [7, 11) is 0. The molecule has 0 atom stereocenters. The molecule has 6 nitrogen and oxygen atoms in total. The Balaban J connectivity index is 0.000000200. The number of amides is 1. The van der Waals surface area contributed by atoms with Gasteiger partial charge in [0.1, 0.15) is 5.82 Å². The number of nitro groups is 1. The lowest BCUT2D eigenvalue weighted by Gasteiger charge is -2.13. The van der Waals surface area contributed by atoms with E-state index >= 15 is 0 Å². The molecular formula is C22H20FN3O3. The first-order valence-corrected chi connectivity index (χ1v) is 9.22. The highest BCUT2D eigenvalue weighted by Crippen LogP contribution is 2.29. The summed E-state index contributed by atoms with van der Waals surface area (Å²) in [6, 6.07) is 14.5. The minimum absolute atomic E-state index is 0.00639.